The van der Waals surface area contributed by atoms with Crippen molar-refractivity contribution in [2.24, 2.45) is 5.92 Å². The van der Waals surface area contributed by atoms with Crippen LogP contribution in [0.4, 0.5) is 0 Å². The van der Waals surface area contributed by atoms with Crippen LogP contribution in [0.15, 0.2) is 45.6 Å². The Morgan fingerprint density at radius 1 is 1.12 bits per heavy atom. The number of phenolic OH excluding ortho intramolecular Hbond substituents is 1. The second-order valence-corrected chi connectivity index (χ2v) is 9.58. The van der Waals surface area contributed by atoms with Gasteiger partial charge >= 0.3 is 5.76 Å². The van der Waals surface area contributed by atoms with E-state index in [4.69, 9.17) is 26.1 Å². The van der Waals surface area contributed by atoms with Crippen LogP contribution in [-0.4, -0.2) is 48.2 Å². The van der Waals surface area contributed by atoms with Crippen molar-refractivity contribution in [3.63, 3.8) is 0 Å². The van der Waals surface area contributed by atoms with E-state index >= 15 is 0 Å². The number of methoxy groups -OCH3 is 2. The molecule has 0 bridgehead atoms. The molecule has 0 saturated carbocycles. The molecule has 182 valence electrons. The molecule has 0 amide bonds. The summed E-state index contributed by atoms with van der Waals surface area (Å²) >= 11 is 5.66. The zero-order valence-corrected chi connectivity index (χ0v) is 20.9. The summed E-state index contributed by atoms with van der Waals surface area (Å²) in [6, 6.07) is 11.1. The Balaban J connectivity index is 1.54. The van der Waals surface area contributed by atoms with Gasteiger partial charge in [-0.25, -0.2) is 9.36 Å². The van der Waals surface area contributed by atoms with E-state index in [1.54, 1.807) is 14.2 Å². The molecule has 2 heterocycles. The van der Waals surface area contributed by atoms with Crippen LogP contribution in [0.25, 0.3) is 16.7 Å². The van der Waals surface area contributed by atoms with E-state index in [1.807, 2.05) is 44.2 Å². The van der Waals surface area contributed by atoms with Gasteiger partial charge < -0.3 is 19.0 Å². The molecule has 4 rings (SSSR count). The van der Waals surface area contributed by atoms with Crippen molar-refractivity contribution in [2.75, 3.05) is 27.3 Å². The number of aromatic nitrogens is 1. The molecule has 2 aromatic carbocycles. The summed E-state index contributed by atoms with van der Waals surface area (Å²) in [5, 5.41) is 10.9. The highest BCUT2D eigenvalue weighted by atomic mass is 32.1. The van der Waals surface area contributed by atoms with Gasteiger partial charge in [-0.15, -0.1) is 0 Å². The van der Waals surface area contributed by atoms with Crippen molar-refractivity contribution in [1.82, 2.24) is 9.47 Å². The maximum absolute atomic E-state index is 12.7. The van der Waals surface area contributed by atoms with Gasteiger partial charge in [-0.1, -0.05) is 38.2 Å². The van der Waals surface area contributed by atoms with Gasteiger partial charge in [-0.2, -0.15) is 0 Å². The lowest BCUT2D eigenvalue weighted by Gasteiger charge is -2.34. The van der Waals surface area contributed by atoms with E-state index in [9.17, 15) is 9.90 Å². The predicted molar refractivity (Wildman–Crippen MR) is 134 cm³/mol. The minimum absolute atomic E-state index is 0.103. The van der Waals surface area contributed by atoms with Gasteiger partial charge in [0.05, 0.1) is 11.1 Å². The summed E-state index contributed by atoms with van der Waals surface area (Å²) in [6.45, 7) is 6.80. The highest BCUT2D eigenvalue weighted by Gasteiger charge is 2.26. The quantitative estimate of drug-likeness (QED) is 0.375. The zero-order chi connectivity index (χ0) is 24.4. The molecular weight excluding hydrogens is 452 g/mol. The number of nitrogens with zero attached hydrogens (tertiary/aromatic N) is 2. The third kappa shape index (κ3) is 4.95. The topological polar surface area (TPSA) is 77.1 Å². The number of piperidine rings is 1. The van der Waals surface area contributed by atoms with Gasteiger partial charge in [0.1, 0.15) is 16.0 Å². The first-order chi connectivity index (χ1) is 16.3. The first kappa shape index (κ1) is 24.6. The fourth-order valence-electron chi connectivity index (χ4n) is 4.74. The smallest absolute Gasteiger partial charge is 0.425 e. The summed E-state index contributed by atoms with van der Waals surface area (Å²) < 4.78 is 18.1. The molecule has 0 radical (unpaired) electrons. The molecule has 3 aromatic rings. The molecule has 0 aliphatic carbocycles. The zero-order valence-electron chi connectivity index (χ0n) is 20.1. The molecule has 7 nitrogen and oxygen atoms in total. The molecule has 1 saturated heterocycles. The van der Waals surface area contributed by atoms with E-state index in [2.05, 4.69) is 4.90 Å². The third-order valence-corrected chi connectivity index (χ3v) is 7.05. The number of likely N-dealkylation sites (tertiary alicyclic amines) is 1. The molecule has 34 heavy (non-hydrogen) atoms. The van der Waals surface area contributed by atoms with E-state index in [0.717, 1.165) is 38.0 Å². The van der Waals surface area contributed by atoms with Crippen LogP contribution in [0.2, 0.25) is 0 Å². The molecule has 0 unspecified atom stereocenters. The number of phenols is 1. The average molecular weight is 485 g/mol. The van der Waals surface area contributed by atoms with Crippen molar-refractivity contribution in [3.8, 4) is 11.4 Å². The van der Waals surface area contributed by atoms with Gasteiger partial charge in [0.2, 0.25) is 0 Å². The van der Waals surface area contributed by atoms with Gasteiger partial charge in [0, 0.05) is 32.7 Å². The van der Waals surface area contributed by atoms with Gasteiger partial charge in [0.25, 0.3) is 0 Å². The Morgan fingerprint density at radius 3 is 2.35 bits per heavy atom. The highest BCUT2D eigenvalue weighted by molar-refractivity contribution is 7.71. The van der Waals surface area contributed by atoms with Crippen LogP contribution in [0, 0.1) is 10.6 Å². The minimum Gasteiger partial charge on any atom is -0.508 e. The molecule has 0 spiro atoms. The summed E-state index contributed by atoms with van der Waals surface area (Å²) in [6.07, 6.45) is 1.93. The largest absolute Gasteiger partial charge is 0.508 e. The van der Waals surface area contributed by atoms with Gasteiger partial charge in [-0.05, 0) is 61.2 Å². The number of hydrogen-bond acceptors (Lipinski definition) is 7. The normalized spacial score (nSPS) is 15.6. The lowest BCUT2D eigenvalue weighted by Crippen LogP contribution is -2.38. The first-order valence-electron chi connectivity index (χ1n) is 11.6. The lowest BCUT2D eigenvalue weighted by atomic mass is 9.95. The fourth-order valence-corrected chi connectivity index (χ4v) is 5.08. The molecule has 0 atom stereocenters. The average Bonchev–Trinajstić information content (AvgIpc) is 2.81. The van der Waals surface area contributed by atoms with E-state index < -0.39 is 5.76 Å². The summed E-state index contributed by atoms with van der Waals surface area (Å²) in [5.74, 6) is 0.0557. The molecular formula is C26H32N2O5S. The second kappa shape index (κ2) is 10.4. The lowest BCUT2D eigenvalue weighted by molar-refractivity contribution is -0.147. The maximum Gasteiger partial charge on any atom is 0.425 e. The van der Waals surface area contributed by atoms with Crippen molar-refractivity contribution >= 4 is 23.2 Å². The van der Waals surface area contributed by atoms with Crippen LogP contribution < -0.4 is 5.76 Å². The monoisotopic (exact) mass is 484 g/mol. The Bertz CT molecular complexity index is 1250. The van der Waals surface area contributed by atoms with E-state index in [1.165, 1.54) is 16.2 Å². The van der Waals surface area contributed by atoms with Crippen LogP contribution in [0.5, 0.6) is 5.75 Å². The SMILES string of the molecule is COC(OC)C1CCN(Cc2ccc(-n3c(=O)oc4cc(O)c(C(C)C)cc4c3=S)cc2)CC1. The summed E-state index contributed by atoms with van der Waals surface area (Å²) in [7, 11) is 3.38. The fraction of sp³-hybridized carbons (Fsp3) is 0.462. The van der Waals surface area contributed by atoms with Crippen molar-refractivity contribution < 1.29 is 19.0 Å². The van der Waals surface area contributed by atoms with Crippen molar-refractivity contribution in [1.29, 1.82) is 0 Å². The summed E-state index contributed by atoms with van der Waals surface area (Å²) in [4.78, 5) is 15.2. The standard InChI is InChI=1S/C26H32N2O5S/c1-16(2)20-13-21-23(14-22(20)29)33-26(30)28(24(21)34)19-7-5-17(6-8-19)15-27-11-9-18(10-12-27)25(31-3)32-4/h5-8,13-14,16,18,25,29H,9-12,15H2,1-4H3. The number of benzene rings is 2. The number of ether oxygens (including phenoxy) is 2. The maximum atomic E-state index is 12.7. The van der Waals surface area contributed by atoms with E-state index in [-0.39, 0.29) is 23.5 Å². The third-order valence-electron chi connectivity index (χ3n) is 6.65. The molecule has 1 aliphatic rings. The highest BCUT2D eigenvalue weighted by Crippen LogP contribution is 2.31. The number of rotatable bonds is 7. The molecule has 1 fully saturated rings. The van der Waals surface area contributed by atoms with Crippen molar-refractivity contribution in [3.05, 3.63) is 62.7 Å². The van der Waals surface area contributed by atoms with Crippen LogP contribution in [0.1, 0.15) is 43.7 Å². The Kier molecular flexibility index (Phi) is 7.52. The molecule has 1 aromatic heterocycles. The number of fused-ring (bicyclic) bond motifs is 1. The molecule has 1 N–H and O–H groups in total. The Labute approximate surface area is 204 Å². The van der Waals surface area contributed by atoms with Gasteiger partial charge in [-0.3, -0.25) is 4.90 Å². The number of hydrogen-bond donors (Lipinski definition) is 1. The van der Waals surface area contributed by atoms with Crippen LogP contribution >= 0.6 is 12.2 Å². The van der Waals surface area contributed by atoms with Crippen LogP contribution in [-0.2, 0) is 16.0 Å². The summed E-state index contributed by atoms with van der Waals surface area (Å²) in [5.41, 5.74) is 2.88. The molecule has 1 aliphatic heterocycles. The minimum atomic E-state index is -0.574. The number of aromatic hydroxyl groups is 1. The second-order valence-electron chi connectivity index (χ2n) is 9.19. The Hall–Kier alpha value is -2.52. The van der Waals surface area contributed by atoms with Crippen LogP contribution in [0.3, 0.4) is 0 Å². The van der Waals surface area contributed by atoms with E-state index in [0.29, 0.717) is 21.6 Å². The first-order valence-corrected chi connectivity index (χ1v) is 12.0. The predicted octanol–water partition coefficient (Wildman–Crippen LogP) is 4.97. The Morgan fingerprint density at radius 2 is 1.76 bits per heavy atom. The van der Waals surface area contributed by atoms with Gasteiger partial charge in [0.15, 0.2) is 6.29 Å². The van der Waals surface area contributed by atoms with Crippen molar-refractivity contribution in [2.45, 2.75) is 45.4 Å². The molecule has 8 heteroatoms.